The van der Waals surface area contributed by atoms with Crippen molar-refractivity contribution in [2.75, 3.05) is 38.1 Å². The number of amides is 1. The molecule has 1 aliphatic rings. The minimum Gasteiger partial charge on any atom is -0.496 e. The number of allylic oxidation sites excluding steroid dienone is 1. The van der Waals surface area contributed by atoms with E-state index in [1.54, 1.807) is 42.1 Å². The molecule has 0 bridgehead atoms. The quantitative estimate of drug-likeness (QED) is 0.362. The summed E-state index contributed by atoms with van der Waals surface area (Å²) >= 11 is 0. The molecule has 0 radical (unpaired) electrons. The van der Waals surface area contributed by atoms with Crippen LogP contribution in [0.1, 0.15) is 28.8 Å². The minimum atomic E-state index is -0.545. The number of ketones is 1. The van der Waals surface area contributed by atoms with E-state index in [2.05, 4.69) is 5.32 Å². The van der Waals surface area contributed by atoms with Crippen LogP contribution in [0.2, 0.25) is 0 Å². The molecule has 0 fully saturated rings. The summed E-state index contributed by atoms with van der Waals surface area (Å²) < 4.78 is 9.92. The van der Waals surface area contributed by atoms with Gasteiger partial charge in [0, 0.05) is 33.5 Å². The van der Waals surface area contributed by atoms with Crippen molar-refractivity contribution < 1.29 is 23.9 Å². The third-order valence-corrected chi connectivity index (χ3v) is 5.59. The molecule has 1 N–H and O–H groups in total. The first-order valence-corrected chi connectivity index (χ1v) is 10.6. The van der Waals surface area contributed by atoms with Gasteiger partial charge in [-0.1, -0.05) is 18.2 Å². The number of hydrogen-bond donors (Lipinski definition) is 1. The van der Waals surface area contributed by atoms with Crippen LogP contribution < -0.4 is 19.9 Å². The summed E-state index contributed by atoms with van der Waals surface area (Å²) in [5, 5.41) is 12.4. The van der Waals surface area contributed by atoms with Gasteiger partial charge in [-0.2, -0.15) is 5.26 Å². The van der Waals surface area contributed by atoms with Gasteiger partial charge in [0.05, 0.1) is 25.6 Å². The highest BCUT2D eigenvalue weighted by molar-refractivity contribution is 6.03. The van der Waals surface area contributed by atoms with Gasteiger partial charge in [-0.05, 0) is 29.8 Å². The fourth-order valence-corrected chi connectivity index (χ4v) is 3.83. The zero-order chi connectivity index (χ0) is 24.8. The molecule has 0 unspecified atom stereocenters. The van der Waals surface area contributed by atoms with Crippen LogP contribution in [0.3, 0.4) is 0 Å². The molecule has 34 heavy (non-hydrogen) atoms. The summed E-state index contributed by atoms with van der Waals surface area (Å²) in [5.74, 6) is -0.438. The molecule has 2 aromatic carbocycles. The van der Waals surface area contributed by atoms with Gasteiger partial charge in [-0.25, -0.2) is 4.79 Å². The Hall–Kier alpha value is -4.32. The maximum absolute atomic E-state index is 12.8. The lowest BCUT2D eigenvalue weighted by Crippen LogP contribution is -2.27. The van der Waals surface area contributed by atoms with Gasteiger partial charge in [-0.15, -0.1) is 0 Å². The zero-order valence-electron chi connectivity index (χ0n) is 19.5. The Kier molecular flexibility index (Phi) is 7.53. The first-order valence-electron chi connectivity index (χ1n) is 10.6. The van der Waals surface area contributed by atoms with Gasteiger partial charge >= 0.3 is 5.97 Å². The van der Waals surface area contributed by atoms with Crippen LogP contribution in [0.5, 0.6) is 5.75 Å². The molecular formula is C25H26N4O5. The van der Waals surface area contributed by atoms with Crippen molar-refractivity contribution in [3.63, 3.8) is 0 Å². The fraction of sp³-hybridized carbons (Fsp3) is 0.280. The van der Waals surface area contributed by atoms with Crippen molar-refractivity contribution >= 4 is 29.0 Å². The van der Waals surface area contributed by atoms with Crippen LogP contribution >= 0.6 is 0 Å². The molecule has 0 saturated heterocycles. The van der Waals surface area contributed by atoms with Crippen molar-refractivity contribution in [3.05, 3.63) is 65.0 Å². The minimum absolute atomic E-state index is 0.00637. The predicted octanol–water partition coefficient (Wildman–Crippen LogP) is 2.77. The van der Waals surface area contributed by atoms with Crippen LogP contribution in [0, 0.1) is 11.3 Å². The molecule has 0 saturated carbocycles. The Morgan fingerprint density at radius 1 is 1.00 bits per heavy atom. The number of hydrogen-bond acceptors (Lipinski definition) is 8. The number of carbonyl (C=O) groups is 3. The Labute approximate surface area is 198 Å². The number of fused-ring (bicyclic) bond motifs is 1. The van der Waals surface area contributed by atoms with E-state index in [-0.39, 0.29) is 36.4 Å². The number of esters is 1. The average Bonchev–Trinajstić information content (AvgIpc) is 3.11. The van der Waals surface area contributed by atoms with Gasteiger partial charge in [0.15, 0.2) is 5.78 Å². The third-order valence-electron chi connectivity index (χ3n) is 5.59. The SMILES string of the molecule is COC(=O)c1cc(CNC(=O)CCC(=O)C(C#N)=C2N(C)c3ccccc3N2C)ccc1OC. The van der Waals surface area contributed by atoms with Crippen LogP contribution in [-0.2, 0) is 20.9 Å². The van der Waals surface area contributed by atoms with Gasteiger partial charge in [0.25, 0.3) is 0 Å². The van der Waals surface area contributed by atoms with E-state index in [1.165, 1.54) is 14.2 Å². The molecular weight excluding hydrogens is 436 g/mol. The zero-order valence-corrected chi connectivity index (χ0v) is 19.5. The molecule has 1 heterocycles. The summed E-state index contributed by atoms with van der Waals surface area (Å²) in [6.07, 6.45) is -0.177. The first kappa shape index (κ1) is 24.3. The number of Topliss-reactive ketones (excluding diaryl/α,β-unsaturated/α-hetero) is 1. The van der Waals surface area contributed by atoms with E-state index < -0.39 is 11.8 Å². The molecule has 0 atom stereocenters. The molecule has 1 aliphatic heterocycles. The number of benzene rings is 2. The van der Waals surface area contributed by atoms with Crippen LogP contribution in [0.25, 0.3) is 0 Å². The van der Waals surface area contributed by atoms with Gasteiger partial charge in [0.2, 0.25) is 5.91 Å². The summed E-state index contributed by atoms with van der Waals surface area (Å²) in [6.45, 7) is 0.161. The third kappa shape index (κ3) is 4.86. The number of nitrogens with one attached hydrogen (secondary N) is 1. The highest BCUT2D eigenvalue weighted by Crippen LogP contribution is 2.40. The number of carbonyl (C=O) groups excluding carboxylic acids is 3. The molecule has 0 spiro atoms. The smallest absolute Gasteiger partial charge is 0.341 e. The number of methoxy groups -OCH3 is 2. The summed E-state index contributed by atoms with van der Waals surface area (Å²) in [4.78, 5) is 40.7. The van der Waals surface area contributed by atoms with Gasteiger partial charge in [-0.3, -0.25) is 9.59 Å². The highest BCUT2D eigenvalue weighted by atomic mass is 16.5. The van der Waals surface area contributed by atoms with E-state index in [4.69, 9.17) is 9.47 Å². The van der Waals surface area contributed by atoms with E-state index in [9.17, 15) is 19.6 Å². The summed E-state index contributed by atoms with van der Waals surface area (Å²) in [6, 6.07) is 14.5. The Morgan fingerprint density at radius 3 is 2.21 bits per heavy atom. The van der Waals surface area contributed by atoms with E-state index in [0.29, 0.717) is 17.1 Å². The highest BCUT2D eigenvalue weighted by Gasteiger charge is 2.31. The Balaban J connectivity index is 1.63. The number of nitriles is 1. The largest absolute Gasteiger partial charge is 0.496 e. The van der Waals surface area contributed by atoms with Crippen molar-refractivity contribution in [3.8, 4) is 11.8 Å². The number of nitrogens with zero attached hydrogens (tertiary/aromatic N) is 3. The van der Waals surface area contributed by atoms with Gasteiger partial charge in [0.1, 0.15) is 28.8 Å². The normalized spacial score (nSPS) is 12.0. The topological polar surface area (TPSA) is 112 Å². The van der Waals surface area contributed by atoms with Crippen LogP contribution in [0.15, 0.2) is 53.9 Å². The number of para-hydroxylation sites is 2. The van der Waals surface area contributed by atoms with E-state index in [0.717, 1.165) is 11.4 Å². The van der Waals surface area contributed by atoms with Crippen LogP contribution in [0.4, 0.5) is 11.4 Å². The first-order chi connectivity index (χ1) is 16.3. The number of rotatable bonds is 8. The van der Waals surface area contributed by atoms with E-state index in [1.807, 2.05) is 30.3 Å². The Bertz CT molecular complexity index is 1170. The average molecular weight is 463 g/mol. The molecule has 176 valence electrons. The lowest BCUT2D eigenvalue weighted by atomic mass is 10.1. The number of anilines is 2. The molecule has 0 aromatic heterocycles. The van der Waals surface area contributed by atoms with Gasteiger partial charge < -0.3 is 24.6 Å². The van der Waals surface area contributed by atoms with Crippen molar-refractivity contribution in [2.45, 2.75) is 19.4 Å². The van der Waals surface area contributed by atoms with Crippen molar-refractivity contribution in [1.82, 2.24) is 5.32 Å². The molecule has 9 heteroatoms. The second-order valence-corrected chi connectivity index (χ2v) is 7.64. The standard InChI is InChI=1S/C25H26N4O5/c1-28-19-7-5-6-8-20(19)29(2)24(28)18(14-26)21(30)10-12-23(31)27-15-16-9-11-22(33-3)17(13-16)25(32)34-4/h5-9,11,13H,10,12,15H2,1-4H3,(H,27,31). The molecule has 0 aliphatic carbocycles. The molecule has 1 amide bonds. The van der Waals surface area contributed by atoms with E-state index >= 15 is 0 Å². The predicted molar refractivity (Wildman–Crippen MR) is 126 cm³/mol. The maximum atomic E-state index is 12.8. The molecule has 3 rings (SSSR count). The molecule has 9 nitrogen and oxygen atoms in total. The monoisotopic (exact) mass is 462 g/mol. The van der Waals surface area contributed by atoms with Crippen LogP contribution in [-0.4, -0.2) is 46.0 Å². The summed E-state index contributed by atoms with van der Waals surface area (Å²) in [7, 11) is 6.32. The van der Waals surface area contributed by atoms with Crippen molar-refractivity contribution in [1.29, 1.82) is 5.26 Å². The maximum Gasteiger partial charge on any atom is 0.341 e. The lowest BCUT2D eigenvalue weighted by molar-refractivity contribution is -0.124. The molecule has 2 aromatic rings. The lowest BCUT2D eigenvalue weighted by Gasteiger charge is -2.19. The van der Waals surface area contributed by atoms with Crippen molar-refractivity contribution in [2.24, 2.45) is 0 Å². The second kappa shape index (κ2) is 10.5. The Morgan fingerprint density at radius 2 is 1.65 bits per heavy atom. The summed E-state index contributed by atoms with van der Waals surface area (Å²) in [5.41, 5.74) is 2.72. The fourth-order valence-electron chi connectivity index (χ4n) is 3.83. The number of ether oxygens (including phenoxy) is 2. The second-order valence-electron chi connectivity index (χ2n) is 7.64.